The normalized spacial score (nSPS) is 13.4. The van der Waals surface area contributed by atoms with Crippen LogP contribution in [-0.4, -0.2) is 9.55 Å². The lowest BCUT2D eigenvalue weighted by molar-refractivity contribution is -0.137. The second-order valence-corrected chi connectivity index (χ2v) is 4.83. The number of rotatable bonds is 4. The maximum absolute atomic E-state index is 13.7. The van der Waals surface area contributed by atoms with Crippen LogP contribution in [0.3, 0.4) is 0 Å². The molecule has 0 aliphatic rings. The third-order valence-corrected chi connectivity index (χ3v) is 3.32. The molecule has 0 aliphatic heterocycles. The van der Waals surface area contributed by atoms with Crippen LogP contribution in [0.15, 0.2) is 30.6 Å². The minimum absolute atomic E-state index is 0.126. The Morgan fingerprint density at radius 1 is 1.33 bits per heavy atom. The van der Waals surface area contributed by atoms with Gasteiger partial charge in [0.25, 0.3) is 0 Å². The van der Waals surface area contributed by atoms with E-state index in [4.69, 9.17) is 5.73 Å². The van der Waals surface area contributed by atoms with Crippen LogP contribution in [0.4, 0.5) is 17.6 Å². The highest BCUT2D eigenvalue weighted by Crippen LogP contribution is 2.32. The average molecular weight is 301 g/mol. The standard InChI is InChI=1S/C14H15F4N3/c1-21-7-6-20-13(21)5-4-12(19)10-8-9(14(16,17)18)2-3-11(10)15/h2-3,6-8,12H,4-5,19H2,1H3. The minimum atomic E-state index is -4.51. The van der Waals surface area contributed by atoms with E-state index in [1.54, 1.807) is 24.0 Å². The van der Waals surface area contributed by atoms with Gasteiger partial charge in [0.2, 0.25) is 0 Å². The van der Waals surface area contributed by atoms with Crippen molar-refractivity contribution in [2.45, 2.75) is 25.1 Å². The minimum Gasteiger partial charge on any atom is -0.338 e. The first-order valence-corrected chi connectivity index (χ1v) is 6.37. The van der Waals surface area contributed by atoms with Crippen LogP contribution in [0.25, 0.3) is 0 Å². The van der Waals surface area contributed by atoms with Crippen molar-refractivity contribution >= 4 is 0 Å². The lowest BCUT2D eigenvalue weighted by Crippen LogP contribution is -2.16. The Labute approximate surface area is 119 Å². The summed E-state index contributed by atoms with van der Waals surface area (Å²) in [4.78, 5) is 4.09. The molecule has 1 aromatic carbocycles. The van der Waals surface area contributed by atoms with E-state index in [0.29, 0.717) is 18.9 Å². The molecule has 1 aromatic heterocycles. The maximum atomic E-state index is 13.7. The number of imidazole rings is 1. The topological polar surface area (TPSA) is 43.8 Å². The number of nitrogens with zero attached hydrogens (tertiary/aromatic N) is 2. The summed E-state index contributed by atoms with van der Waals surface area (Å²) in [6.45, 7) is 0. The van der Waals surface area contributed by atoms with E-state index in [-0.39, 0.29) is 5.56 Å². The SMILES string of the molecule is Cn1ccnc1CCC(N)c1cc(C(F)(F)F)ccc1F. The van der Waals surface area contributed by atoms with Crippen LogP contribution in [0.5, 0.6) is 0 Å². The summed E-state index contributed by atoms with van der Waals surface area (Å²) in [5.41, 5.74) is 4.81. The summed E-state index contributed by atoms with van der Waals surface area (Å²) in [7, 11) is 1.80. The number of alkyl halides is 3. The molecule has 7 heteroatoms. The van der Waals surface area contributed by atoms with Crippen molar-refractivity contribution in [1.82, 2.24) is 9.55 Å². The molecule has 3 nitrogen and oxygen atoms in total. The third kappa shape index (κ3) is 3.60. The molecule has 2 N–H and O–H groups in total. The monoisotopic (exact) mass is 301 g/mol. The fraction of sp³-hybridized carbons (Fsp3) is 0.357. The maximum Gasteiger partial charge on any atom is 0.416 e. The smallest absolute Gasteiger partial charge is 0.338 e. The molecular weight excluding hydrogens is 286 g/mol. The Morgan fingerprint density at radius 3 is 2.62 bits per heavy atom. The highest BCUT2D eigenvalue weighted by molar-refractivity contribution is 5.29. The molecule has 1 unspecified atom stereocenters. The van der Waals surface area contributed by atoms with Crippen molar-refractivity contribution < 1.29 is 17.6 Å². The van der Waals surface area contributed by atoms with Gasteiger partial charge in [-0.15, -0.1) is 0 Å². The molecule has 0 amide bonds. The zero-order chi connectivity index (χ0) is 15.6. The van der Waals surface area contributed by atoms with Crippen LogP contribution < -0.4 is 5.73 Å². The molecule has 0 spiro atoms. The molecule has 2 rings (SSSR count). The molecule has 0 saturated heterocycles. The third-order valence-electron chi connectivity index (χ3n) is 3.32. The molecule has 1 heterocycles. The molecule has 2 aromatic rings. The van der Waals surface area contributed by atoms with Gasteiger partial charge in [-0.05, 0) is 24.6 Å². The van der Waals surface area contributed by atoms with E-state index in [9.17, 15) is 17.6 Å². The Morgan fingerprint density at radius 2 is 2.05 bits per heavy atom. The lowest BCUT2D eigenvalue weighted by Gasteiger charge is -2.15. The molecule has 0 radical (unpaired) electrons. The zero-order valence-electron chi connectivity index (χ0n) is 11.4. The van der Waals surface area contributed by atoms with Gasteiger partial charge in [-0.2, -0.15) is 13.2 Å². The number of nitrogens with two attached hydrogens (primary N) is 1. The van der Waals surface area contributed by atoms with Crippen LogP contribution in [0, 0.1) is 5.82 Å². The lowest BCUT2D eigenvalue weighted by atomic mass is 9.99. The second-order valence-electron chi connectivity index (χ2n) is 4.83. The summed E-state index contributed by atoms with van der Waals surface area (Å²) >= 11 is 0. The summed E-state index contributed by atoms with van der Waals surface area (Å²) in [6, 6.07) is 1.48. The van der Waals surface area contributed by atoms with E-state index in [0.717, 1.165) is 18.0 Å². The number of hydrogen-bond acceptors (Lipinski definition) is 2. The predicted octanol–water partition coefficient (Wildman–Crippen LogP) is 3.21. The highest BCUT2D eigenvalue weighted by atomic mass is 19.4. The number of hydrogen-bond donors (Lipinski definition) is 1. The number of aryl methyl sites for hydroxylation is 2. The summed E-state index contributed by atoms with van der Waals surface area (Å²) in [5.74, 6) is 0.0215. The van der Waals surface area contributed by atoms with E-state index in [1.807, 2.05) is 0 Å². The van der Waals surface area contributed by atoms with Gasteiger partial charge in [0, 0.05) is 37.5 Å². The Balaban J connectivity index is 2.15. The fourth-order valence-corrected chi connectivity index (χ4v) is 2.08. The Hall–Kier alpha value is -1.89. The Bertz CT molecular complexity index is 619. The van der Waals surface area contributed by atoms with Gasteiger partial charge in [0.1, 0.15) is 11.6 Å². The van der Waals surface area contributed by atoms with Gasteiger partial charge < -0.3 is 10.3 Å². The van der Waals surface area contributed by atoms with Gasteiger partial charge in [-0.1, -0.05) is 0 Å². The summed E-state index contributed by atoms with van der Waals surface area (Å²) in [5, 5.41) is 0. The van der Waals surface area contributed by atoms with Crippen molar-refractivity contribution in [2.75, 3.05) is 0 Å². The van der Waals surface area contributed by atoms with E-state index >= 15 is 0 Å². The molecule has 0 fully saturated rings. The first-order valence-electron chi connectivity index (χ1n) is 6.37. The highest BCUT2D eigenvalue weighted by Gasteiger charge is 2.31. The number of aromatic nitrogens is 2. The van der Waals surface area contributed by atoms with Crippen LogP contribution in [0.1, 0.15) is 29.4 Å². The quantitative estimate of drug-likeness (QED) is 0.881. The molecule has 21 heavy (non-hydrogen) atoms. The molecular formula is C14H15F4N3. The largest absolute Gasteiger partial charge is 0.416 e. The predicted molar refractivity (Wildman–Crippen MR) is 69.9 cm³/mol. The first kappa shape index (κ1) is 15.5. The van der Waals surface area contributed by atoms with Gasteiger partial charge in [-0.3, -0.25) is 0 Å². The van der Waals surface area contributed by atoms with Crippen molar-refractivity contribution in [3.63, 3.8) is 0 Å². The van der Waals surface area contributed by atoms with Crippen LogP contribution >= 0.6 is 0 Å². The van der Waals surface area contributed by atoms with Crippen LogP contribution in [0.2, 0.25) is 0 Å². The molecule has 0 aliphatic carbocycles. The Kier molecular flexibility index (Phi) is 4.32. The molecule has 114 valence electrons. The van der Waals surface area contributed by atoms with Crippen LogP contribution in [-0.2, 0) is 19.6 Å². The van der Waals surface area contributed by atoms with Gasteiger partial charge >= 0.3 is 6.18 Å². The van der Waals surface area contributed by atoms with Gasteiger partial charge in [0.05, 0.1) is 5.56 Å². The van der Waals surface area contributed by atoms with Gasteiger partial charge in [0.15, 0.2) is 0 Å². The van der Waals surface area contributed by atoms with E-state index in [1.165, 1.54) is 0 Å². The fourth-order valence-electron chi connectivity index (χ4n) is 2.08. The average Bonchev–Trinajstić information content (AvgIpc) is 2.80. The number of halogens is 4. The first-order chi connectivity index (χ1) is 9.79. The second kappa shape index (κ2) is 5.85. The molecule has 1 atom stereocenters. The van der Waals surface area contributed by atoms with Crippen molar-refractivity contribution in [2.24, 2.45) is 12.8 Å². The van der Waals surface area contributed by atoms with Crippen molar-refractivity contribution in [3.8, 4) is 0 Å². The van der Waals surface area contributed by atoms with E-state index < -0.39 is 23.6 Å². The van der Waals surface area contributed by atoms with Crippen molar-refractivity contribution in [3.05, 3.63) is 53.4 Å². The van der Waals surface area contributed by atoms with Gasteiger partial charge in [-0.25, -0.2) is 9.37 Å². The summed E-state index contributed by atoms with van der Waals surface area (Å²) < 4.78 is 53.4. The zero-order valence-corrected chi connectivity index (χ0v) is 11.4. The van der Waals surface area contributed by atoms with E-state index in [2.05, 4.69) is 4.98 Å². The summed E-state index contributed by atoms with van der Waals surface area (Å²) in [6.07, 6.45) is -0.372. The number of benzene rings is 1. The van der Waals surface area contributed by atoms with Crippen molar-refractivity contribution in [1.29, 1.82) is 0 Å². The molecule has 0 bridgehead atoms. The molecule has 0 saturated carbocycles.